The van der Waals surface area contributed by atoms with E-state index in [1.807, 2.05) is 36.1 Å². The topological polar surface area (TPSA) is 20.3 Å². The highest BCUT2D eigenvalue weighted by Gasteiger charge is 2.32. The monoisotopic (exact) mass is 315 g/mol. The summed E-state index contributed by atoms with van der Waals surface area (Å²) in [5.41, 5.74) is 1.06. The van der Waals surface area contributed by atoms with Crippen LogP contribution in [0.5, 0.6) is 0 Å². The number of nitrogens with zero attached hydrogens (tertiary/aromatic N) is 1. The van der Waals surface area contributed by atoms with Gasteiger partial charge in [0.25, 0.3) is 0 Å². The number of hydrogen-bond acceptors (Lipinski definition) is 1. The molecule has 0 N–H and O–H groups in total. The zero-order valence-electron chi connectivity index (χ0n) is 9.70. The van der Waals surface area contributed by atoms with Gasteiger partial charge in [0.2, 0.25) is 5.91 Å². The second kappa shape index (κ2) is 5.40. The number of carbonyl (C=O) groups excluding carboxylic acids is 1. The molecule has 1 aromatic carbocycles. The molecule has 2 atom stereocenters. The number of likely N-dealkylation sites (tertiary alicyclic amines) is 1. The molecule has 0 bridgehead atoms. The molecule has 1 saturated heterocycles. The van der Waals surface area contributed by atoms with E-state index in [0.717, 1.165) is 30.0 Å². The lowest BCUT2D eigenvalue weighted by Crippen LogP contribution is -2.35. The van der Waals surface area contributed by atoms with Crippen molar-refractivity contribution >= 4 is 33.4 Å². The summed E-state index contributed by atoms with van der Waals surface area (Å²) >= 11 is 9.55. The van der Waals surface area contributed by atoms with Crippen LogP contribution >= 0.6 is 27.5 Å². The molecule has 0 aliphatic carbocycles. The SMILES string of the molecule is CC(Br)C(=O)N1CCCC1c1ccccc1Cl. The Kier molecular flexibility index (Phi) is 4.10. The smallest absolute Gasteiger partial charge is 0.236 e. The normalized spacial score (nSPS) is 21.6. The van der Waals surface area contributed by atoms with Crippen LogP contribution in [0.25, 0.3) is 0 Å². The molecule has 0 spiro atoms. The minimum absolute atomic E-state index is 0.134. The van der Waals surface area contributed by atoms with Gasteiger partial charge in [-0.1, -0.05) is 45.7 Å². The molecule has 0 saturated carbocycles. The summed E-state index contributed by atoms with van der Waals surface area (Å²) in [5.74, 6) is 0.146. The highest BCUT2D eigenvalue weighted by Crippen LogP contribution is 2.36. The second-order valence-corrected chi connectivity index (χ2v) is 6.11. The van der Waals surface area contributed by atoms with Gasteiger partial charge in [-0.2, -0.15) is 0 Å². The minimum atomic E-state index is -0.134. The van der Waals surface area contributed by atoms with E-state index in [1.165, 1.54) is 0 Å². The zero-order chi connectivity index (χ0) is 12.4. The number of hydrogen-bond donors (Lipinski definition) is 0. The summed E-state index contributed by atoms with van der Waals surface area (Å²) in [4.78, 5) is 13.9. The first-order chi connectivity index (χ1) is 8.11. The van der Waals surface area contributed by atoms with Gasteiger partial charge in [-0.15, -0.1) is 0 Å². The molecule has 1 aliphatic rings. The van der Waals surface area contributed by atoms with Gasteiger partial charge in [0.15, 0.2) is 0 Å². The maximum absolute atomic E-state index is 12.1. The molecule has 1 aromatic rings. The Balaban J connectivity index is 2.26. The van der Waals surface area contributed by atoms with E-state index in [0.29, 0.717) is 0 Å². The van der Waals surface area contributed by atoms with E-state index in [9.17, 15) is 4.79 Å². The van der Waals surface area contributed by atoms with Crippen molar-refractivity contribution in [2.75, 3.05) is 6.54 Å². The Labute approximate surface area is 115 Å². The zero-order valence-corrected chi connectivity index (χ0v) is 12.0. The maximum atomic E-state index is 12.1. The first-order valence-corrected chi connectivity index (χ1v) is 7.09. The fourth-order valence-corrected chi connectivity index (χ4v) is 2.85. The summed E-state index contributed by atoms with van der Waals surface area (Å²) in [6.45, 7) is 2.69. The van der Waals surface area contributed by atoms with E-state index < -0.39 is 0 Å². The summed E-state index contributed by atoms with van der Waals surface area (Å²) in [6, 6.07) is 7.92. The molecule has 0 aromatic heterocycles. The fourth-order valence-electron chi connectivity index (χ4n) is 2.33. The van der Waals surface area contributed by atoms with Crippen molar-refractivity contribution in [2.45, 2.75) is 30.6 Å². The number of alkyl halides is 1. The van der Waals surface area contributed by atoms with Crippen LogP contribution in [-0.4, -0.2) is 22.2 Å². The van der Waals surface area contributed by atoms with Gasteiger partial charge in [0.1, 0.15) is 0 Å². The van der Waals surface area contributed by atoms with Crippen molar-refractivity contribution in [1.29, 1.82) is 0 Å². The van der Waals surface area contributed by atoms with Crippen LogP contribution in [0.3, 0.4) is 0 Å². The standard InChI is InChI=1S/C13H15BrClNO/c1-9(14)13(17)16-8-4-7-12(16)10-5-2-3-6-11(10)15/h2-3,5-6,9,12H,4,7-8H2,1H3. The summed E-state index contributed by atoms with van der Waals surface area (Å²) in [7, 11) is 0. The Morgan fingerprint density at radius 1 is 1.53 bits per heavy atom. The lowest BCUT2D eigenvalue weighted by Gasteiger charge is -2.26. The van der Waals surface area contributed by atoms with Crippen LogP contribution in [0.2, 0.25) is 5.02 Å². The van der Waals surface area contributed by atoms with Crippen molar-refractivity contribution in [3.05, 3.63) is 34.9 Å². The Hall–Kier alpha value is -0.540. The molecule has 0 radical (unpaired) electrons. The van der Waals surface area contributed by atoms with Crippen LogP contribution < -0.4 is 0 Å². The van der Waals surface area contributed by atoms with Crippen molar-refractivity contribution in [3.63, 3.8) is 0 Å². The number of carbonyl (C=O) groups is 1. The van der Waals surface area contributed by atoms with E-state index in [1.54, 1.807) is 0 Å². The molecule has 2 rings (SSSR count). The molecular weight excluding hydrogens is 302 g/mol. The highest BCUT2D eigenvalue weighted by atomic mass is 79.9. The molecule has 1 aliphatic heterocycles. The van der Waals surface area contributed by atoms with Gasteiger partial charge in [-0.25, -0.2) is 0 Å². The predicted molar refractivity (Wildman–Crippen MR) is 73.5 cm³/mol. The molecular formula is C13H15BrClNO. The molecule has 1 amide bonds. The fraction of sp³-hybridized carbons (Fsp3) is 0.462. The molecule has 2 nitrogen and oxygen atoms in total. The predicted octanol–water partition coefficient (Wildman–Crippen LogP) is 3.79. The summed E-state index contributed by atoms with van der Waals surface area (Å²) in [5, 5.41) is 0.749. The summed E-state index contributed by atoms with van der Waals surface area (Å²) in [6.07, 6.45) is 2.04. The van der Waals surface area contributed by atoms with Gasteiger partial charge >= 0.3 is 0 Å². The number of halogens is 2. The Morgan fingerprint density at radius 2 is 2.24 bits per heavy atom. The highest BCUT2D eigenvalue weighted by molar-refractivity contribution is 9.10. The number of rotatable bonds is 2. The van der Waals surface area contributed by atoms with Crippen molar-refractivity contribution < 1.29 is 4.79 Å². The van der Waals surface area contributed by atoms with Crippen molar-refractivity contribution in [3.8, 4) is 0 Å². The van der Waals surface area contributed by atoms with Gasteiger partial charge in [0.05, 0.1) is 10.9 Å². The maximum Gasteiger partial charge on any atom is 0.236 e. The summed E-state index contributed by atoms with van der Waals surface area (Å²) < 4.78 is 0. The van der Waals surface area contributed by atoms with E-state index in [-0.39, 0.29) is 16.8 Å². The average Bonchev–Trinajstić information content (AvgIpc) is 2.77. The lowest BCUT2D eigenvalue weighted by molar-refractivity contribution is -0.131. The van der Waals surface area contributed by atoms with Crippen LogP contribution in [-0.2, 0) is 4.79 Å². The molecule has 17 heavy (non-hydrogen) atoms. The van der Waals surface area contributed by atoms with Gasteiger partial charge in [0, 0.05) is 11.6 Å². The molecule has 92 valence electrons. The minimum Gasteiger partial charge on any atom is -0.335 e. The van der Waals surface area contributed by atoms with E-state index >= 15 is 0 Å². The van der Waals surface area contributed by atoms with E-state index in [4.69, 9.17) is 11.6 Å². The Bertz CT molecular complexity index is 422. The Morgan fingerprint density at radius 3 is 2.88 bits per heavy atom. The third kappa shape index (κ3) is 2.66. The van der Waals surface area contributed by atoms with Crippen LogP contribution in [0.4, 0.5) is 0 Å². The largest absolute Gasteiger partial charge is 0.335 e. The van der Waals surface area contributed by atoms with E-state index in [2.05, 4.69) is 15.9 Å². The molecule has 2 unspecified atom stereocenters. The molecule has 1 fully saturated rings. The second-order valence-electron chi connectivity index (χ2n) is 4.33. The van der Waals surface area contributed by atoms with Gasteiger partial charge < -0.3 is 4.90 Å². The number of amides is 1. The first kappa shape index (κ1) is 12.9. The quantitative estimate of drug-likeness (QED) is 0.760. The lowest BCUT2D eigenvalue weighted by atomic mass is 10.0. The third-order valence-electron chi connectivity index (χ3n) is 3.14. The van der Waals surface area contributed by atoms with Crippen LogP contribution in [0.15, 0.2) is 24.3 Å². The van der Waals surface area contributed by atoms with Gasteiger partial charge in [-0.05, 0) is 31.4 Å². The molecule has 4 heteroatoms. The first-order valence-electron chi connectivity index (χ1n) is 5.80. The van der Waals surface area contributed by atoms with Crippen LogP contribution in [0.1, 0.15) is 31.4 Å². The van der Waals surface area contributed by atoms with Crippen molar-refractivity contribution in [2.24, 2.45) is 0 Å². The van der Waals surface area contributed by atoms with Gasteiger partial charge in [-0.3, -0.25) is 4.79 Å². The van der Waals surface area contributed by atoms with Crippen molar-refractivity contribution in [1.82, 2.24) is 4.90 Å². The van der Waals surface area contributed by atoms with Crippen LogP contribution in [0, 0.1) is 0 Å². The molecule has 1 heterocycles. The number of benzene rings is 1. The average molecular weight is 317 g/mol. The third-order valence-corrected chi connectivity index (χ3v) is 3.88.